The van der Waals surface area contributed by atoms with Crippen LogP contribution in [0, 0.1) is 51.2 Å². The molecule has 0 amide bonds. The third-order valence-corrected chi connectivity index (χ3v) is 17.0. The molecule has 5 unspecified atom stereocenters. The zero-order valence-corrected chi connectivity index (χ0v) is 39.1. The summed E-state index contributed by atoms with van der Waals surface area (Å²) >= 11 is 0. The highest BCUT2D eigenvalue weighted by Gasteiger charge is 2.65. The molecule has 0 spiro atoms. The van der Waals surface area contributed by atoms with Crippen molar-refractivity contribution in [1.29, 1.82) is 0 Å². The Labute approximate surface area is 361 Å². The van der Waals surface area contributed by atoms with Gasteiger partial charge in [0.05, 0.1) is 27.4 Å². The van der Waals surface area contributed by atoms with E-state index >= 15 is 0 Å². The number of aliphatic hydroxyl groups is 2. The van der Waals surface area contributed by atoms with Gasteiger partial charge in [0.2, 0.25) is 0 Å². The summed E-state index contributed by atoms with van der Waals surface area (Å²) in [7, 11) is 0. The van der Waals surface area contributed by atoms with Crippen molar-refractivity contribution < 1.29 is 48.3 Å². The Morgan fingerprint density at radius 1 is 0.650 bits per heavy atom. The number of fused-ring (bicyclic) bond motifs is 1. The number of hydrogen-bond donors (Lipinski definition) is 2. The van der Waals surface area contributed by atoms with Gasteiger partial charge in [-0.25, -0.2) is 4.79 Å². The van der Waals surface area contributed by atoms with Crippen molar-refractivity contribution in [3.8, 4) is 0 Å². The van der Waals surface area contributed by atoms with Crippen LogP contribution in [0.1, 0.15) is 192 Å². The van der Waals surface area contributed by atoms with Crippen molar-refractivity contribution in [1.82, 2.24) is 0 Å². The fourth-order valence-corrected chi connectivity index (χ4v) is 12.7. The minimum atomic E-state index is -0.842. The largest absolute Gasteiger partial charge is 0.459 e. The first-order chi connectivity index (χ1) is 27.7. The van der Waals surface area contributed by atoms with Crippen LogP contribution in [-0.2, 0) is 38.1 Å². The minimum absolute atomic E-state index is 0.00857. The molecular formula is C50H80O10. The second-order valence-corrected chi connectivity index (χ2v) is 23.6. The fourth-order valence-electron chi connectivity index (χ4n) is 12.7. The summed E-state index contributed by atoms with van der Waals surface area (Å²) in [6.07, 6.45) is 19.7. The molecule has 5 atom stereocenters. The van der Waals surface area contributed by atoms with E-state index in [9.17, 15) is 29.4 Å². The van der Waals surface area contributed by atoms with Gasteiger partial charge in [0.25, 0.3) is 0 Å². The molecule has 10 nitrogen and oxygen atoms in total. The van der Waals surface area contributed by atoms with E-state index < -0.39 is 39.7 Å². The quantitative estimate of drug-likeness (QED) is 0.124. The first-order valence-corrected chi connectivity index (χ1v) is 23.7. The predicted octanol–water partition coefficient (Wildman–Crippen LogP) is 9.74. The van der Waals surface area contributed by atoms with Crippen LogP contribution in [0.15, 0.2) is 12.2 Å². The molecule has 9 fully saturated rings. The number of carbonyl (C=O) groups is 4. The molecular weight excluding hydrogens is 761 g/mol. The number of rotatable bonds is 10. The average molecular weight is 841 g/mol. The Bertz CT molecular complexity index is 1600. The molecule has 8 bridgehead atoms. The number of carbonyl (C=O) groups excluding carboxylic acids is 4. The Hall–Kier alpha value is -2.46. The third-order valence-electron chi connectivity index (χ3n) is 17.0. The summed E-state index contributed by atoms with van der Waals surface area (Å²) < 4.78 is 22.8. The van der Waals surface area contributed by atoms with Gasteiger partial charge in [0.1, 0.15) is 17.3 Å². The Balaban J connectivity index is 0.000000151. The van der Waals surface area contributed by atoms with Gasteiger partial charge in [-0.1, -0.05) is 32.9 Å². The van der Waals surface area contributed by atoms with Crippen molar-refractivity contribution in [3.05, 3.63) is 12.2 Å². The van der Waals surface area contributed by atoms with Gasteiger partial charge in [-0.05, 0) is 163 Å². The molecule has 10 heteroatoms. The predicted molar refractivity (Wildman–Crippen MR) is 229 cm³/mol. The molecule has 0 radical (unpaired) electrons. The lowest BCUT2D eigenvalue weighted by Gasteiger charge is -2.62. The standard InChI is InChI=1S/C19H32O2.C16H26O4.C15H22O4/c1-6-17(2,3)16(20)21-18(4,5)19-10-13-7-14(11-19)9-15(8-13)12-19;1-4-13(2,3)12(17)20-16-7-11-5-14(18,9-16)8-15(19,6-11)10-16;1-4-15(2,3)14(17)19-12-9-10-7-5-6-8-11(10)18-13(12)16/h13-15H,6-12H2,1-5H3;11,18-19H,4-10H2,1-3H3;5-6,10-12H,4,7-9H2,1-3H3. The Morgan fingerprint density at radius 3 is 1.63 bits per heavy atom. The van der Waals surface area contributed by atoms with E-state index in [-0.39, 0.29) is 52.3 Å². The first-order valence-electron chi connectivity index (χ1n) is 23.7. The molecule has 9 aliphatic carbocycles. The molecule has 0 aromatic rings. The fraction of sp³-hybridized carbons (Fsp3) is 0.880. The maximum atomic E-state index is 12.6. The molecule has 60 heavy (non-hydrogen) atoms. The molecule has 10 aliphatic rings. The Morgan fingerprint density at radius 2 is 1.13 bits per heavy atom. The summed E-state index contributed by atoms with van der Waals surface area (Å²) in [5.74, 6) is 2.33. The molecule has 8 saturated carbocycles. The first kappa shape index (κ1) is 47.0. The van der Waals surface area contributed by atoms with Crippen molar-refractivity contribution in [2.45, 2.75) is 226 Å². The van der Waals surface area contributed by atoms with Crippen molar-refractivity contribution in [2.75, 3.05) is 0 Å². The summed E-state index contributed by atoms with van der Waals surface area (Å²) in [5, 5.41) is 21.3. The molecule has 10 rings (SSSR count). The van der Waals surface area contributed by atoms with E-state index in [1.807, 2.05) is 61.5 Å². The van der Waals surface area contributed by atoms with Crippen molar-refractivity contribution >= 4 is 23.9 Å². The second-order valence-electron chi connectivity index (χ2n) is 23.6. The van der Waals surface area contributed by atoms with E-state index in [4.69, 9.17) is 18.9 Å². The smallest absolute Gasteiger partial charge is 0.347 e. The zero-order valence-electron chi connectivity index (χ0n) is 39.1. The van der Waals surface area contributed by atoms with Gasteiger partial charge >= 0.3 is 23.9 Å². The van der Waals surface area contributed by atoms with E-state index in [2.05, 4.69) is 26.8 Å². The summed E-state index contributed by atoms with van der Waals surface area (Å²) in [6.45, 7) is 21.8. The molecule has 340 valence electrons. The average Bonchev–Trinajstić information content (AvgIpc) is 3.13. The highest BCUT2D eigenvalue weighted by atomic mass is 16.6. The van der Waals surface area contributed by atoms with Gasteiger partial charge in [-0.2, -0.15) is 0 Å². The molecule has 1 aliphatic heterocycles. The molecule has 1 saturated heterocycles. The molecule has 1 heterocycles. The molecule has 0 aromatic carbocycles. The lowest BCUT2D eigenvalue weighted by Crippen LogP contribution is -2.67. The van der Waals surface area contributed by atoms with Crippen LogP contribution in [0.4, 0.5) is 0 Å². The van der Waals surface area contributed by atoms with Gasteiger partial charge in [-0.15, -0.1) is 0 Å². The van der Waals surface area contributed by atoms with Crippen molar-refractivity contribution in [3.63, 3.8) is 0 Å². The summed E-state index contributed by atoms with van der Waals surface area (Å²) in [6, 6.07) is 0. The van der Waals surface area contributed by atoms with Crippen LogP contribution >= 0.6 is 0 Å². The van der Waals surface area contributed by atoms with Gasteiger partial charge in [0, 0.05) is 43.4 Å². The highest BCUT2D eigenvalue weighted by Crippen LogP contribution is 2.65. The number of hydrogen-bond acceptors (Lipinski definition) is 10. The van der Waals surface area contributed by atoms with Crippen LogP contribution in [0.25, 0.3) is 0 Å². The van der Waals surface area contributed by atoms with Gasteiger partial charge in [0.15, 0.2) is 6.10 Å². The second kappa shape index (κ2) is 16.6. The van der Waals surface area contributed by atoms with E-state index in [1.54, 1.807) is 0 Å². The molecule has 2 N–H and O–H groups in total. The summed E-state index contributed by atoms with van der Waals surface area (Å²) in [5.41, 5.74) is -3.81. The van der Waals surface area contributed by atoms with Crippen molar-refractivity contribution in [2.24, 2.45) is 51.2 Å². The maximum Gasteiger partial charge on any atom is 0.347 e. The third kappa shape index (κ3) is 9.70. The Kier molecular flexibility index (Phi) is 13.0. The zero-order chi connectivity index (χ0) is 44.3. The molecule has 0 aromatic heterocycles. The number of esters is 4. The van der Waals surface area contributed by atoms with Crippen LogP contribution in [-0.4, -0.2) is 68.7 Å². The monoisotopic (exact) mass is 841 g/mol. The van der Waals surface area contributed by atoms with Crippen LogP contribution < -0.4 is 0 Å². The SMILES string of the molecule is CCC(C)(C)C(=O)OC(C)(C)C12CC3CC(CC(C3)C1)C2.CCC(C)(C)C(=O)OC12CC3CC(O)(CC(O)(C3)C1)C2.CCC(C)(C)C(=O)OC1CC2CC=CCC2OC1=O. The summed E-state index contributed by atoms with van der Waals surface area (Å²) in [4.78, 5) is 48.9. The maximum absolute atomic E-state index is 12.6. The van der Waals surface area contributed by atoms with Crippen LogP contribution in [0.2, 0.25) is 0 Å². The number of ether oxygens (including phenoxy) is 4. The topological polar surface area (TPSA) is 146 Å². The van der Waals surface area contributed by atoms with Crippen LogP contribution in [0.3, 0.4) is 0 Å². The van der Waals surface area contributed by atoms with Crippen LogP contribution in [0.5, 0.6) is 0 Å². The van der Waals surface area contributed by atoms with Gasteiger partial charge in [-0.3, -0.25) is 14.4 Å². The highest BCUT2D eigenvalue weighted by molar-refractivity contribution is 5.82. The minimum Gasteiger partial charge on any atom is -0.459 e. The van der Waals surface area contributed by atoms with Gasteiger partial charge < -0.3 is 29.2 Å². The lowest BCUT2D eigenvalue weighted by atomic mass is 9.46. The lowest BCUT2D eigenvalue weighted by molar-refractivity contribution is -0.264. The number of allylic oxidation sites excluding steroid dienone is 1. The van der Waals surface area contributed by atoms with E-state index in [0.29, 0.717) is 32.1 Å². The normalized spacial score (nSPS) is 38.7. The van der Waals surface area contributed by atoms with E-state index in [1.165, 1.54) is 38.5 Å². The van der Waals surface area contributed by atoms with E-state index in [0.717, 1.165) is 62.7 Å².